The van der Waals surface area contributed by atoms with Crippen molar-refractivity contribution in [2.24, 2.45) is 0 Å². The van der Waals surface area contributed by atoms with Gasteiger partial charge in [0.1, 0.15) is 5.75 Å². The molecule has 10 heteroatoms. The lowest BCUT2D eigenvalue weighted by Gasteiger charge is -2.41. The van der Waals surface area contributed by atoms with E-state index >= 15 is 0 Å². The summed E-state index contributed by atoms with van der Waals surface area (Å²) in [5, 5.41) is 3.08. The number of alkyl halides is 2. The molecule has 168 valence electrons. The van der Waals surface area contributed by atoms with Crippen LogP contribution in [0.1, 0.15) is 12.5 Å². The Morgan fingerprint density at radius 2 is 1.94 bits per heavy atom. The van der Waals surface area contributed by atoms with Crippen LogP contribution in [0.15, 0.2) is 36.4 Å². The molecule has 5 rings (SSSR count). The summed E-state index contributed by atoms with van der Waals surface area (Å²) in [6, 6.07) is 10.0. The molecule has 0 aromatic heterocycles. The fourth-order valence-electron chi connectivity index (χ4n) is 4.19. The zero-order chi connectivity index (χ0) is 22.5. The molecule has 2 aromatic carbocycles. The van der Waals surface area contributed by atoms with E-state index in [0.717, 1.165) is 11.3 Å². The molecule has 32 heavy (non-hydrogen) atoms. The minimum Gasteiger partial charge on any atom is -0.426 e. The van der Waals surface area contributed by atoms with Crippen LogP contribution in [0.2, 0.25) is 0 Å². The molecule has 2 aromatic rings. The Balaban J connectivity index is 1.18. The van der Waals surface area contributed by atoms with E-state index in [1.807, 2.05) is 24.0 Å². The summed E-state index contributed by atoms with van der Waals surface area (Å²) in [6.45, 7) is 3.63. The summed E-state index contributed by atoms with van der Waals surface area (Å²) in [7, 11) is 0. The van der Waals surface area contributed by atoms with Crippen molar-refractivity contribution in [3.05, 3.63) is 42.0 Å². The van der Waals surface area contributed by atoms with Crippen molar-refractivity contribution in [3.63, 3.8) is 0 Å². The van der Waals surface area contributed by atoms with Gasteiger partial charge in [0.15, 0.2) is 11.5 Å². The maximum absolute atomic E-state index is 13.3. The molecule has 0 radical (unpaired) electrons. The van der Waals surface area contributed by atoms with Crippen LogP contribution < -0.4 is 24.4 Å². The molecule has 0 bridgehead atoms. The standard InChI is InChI=1S/C22H21F2N3O5/c1-13-12-26(20(28)11-25-15-3-2-14-8-21(29)30-18(14)9-15)6-7-27(13)16-4-5-17-19(10-16)32-22(23,24)31-17/h2-5,9-10,13,25H,6-8,11-12H2,1H3/t13-/m1/s1. The van der Waals surface area contributed by atoms with Crippen molar-refractivity contribution in [2.45, 2.75) is 25.7 Å². The topological polar surface area (TPSA) is 80.3 Å². The lowest BCUT2D eigenvalue weighted by molar-refractivity contribution is -0.286. The smallest absolute Gasteiger partial charge is 0.426 e. The number of anilines is 2. The molecule has 1 amide bonds. The summed E-state index contributed by atoms with van der Waals surface area (Å²) in [4.78, 5) is 27.9. The molecule has 1 fully saturated rings. The Morgan fingerprint density at radius 3 is 2.75 bits per heavy atom. The lowest BCUT2D eigenvalue weighted by atomic mass is 10.1. The van der Waals surface area contributed by atoms with Gasteiger partial charge in [0.05, 0.1) is 13.0 Å². The van der Waals surface area contributed by atoms with E-state index in [0.29, 0.717) is 31.1 Å². The fraction of sp³-hybridized carbons (Fsp3) is 0.364. The first-order valence-corrected chi connectivity index (χ1v) is 10.3. The van der Waals surface area contributed by atoms with E-state index in [-0.39, 0.29) is 42.4 Å². The second-order valence-electron chi connectivity index (χ2n) is 8.01. The van der Waals surface area contributed by atoms with Crippen molar-refractivity contribution in [1.29, 1.82) is 0 Å². The van der Waals surface area contributed by atoms with Gasteiger partial charge in [-0.2, -0.15) is 0 Å². The zero-order valence-corrected chi connectivity index (χ0v) is 17.3. The number of rotatable bonds is 4. The largest absolute Gasteiger partial charge is 0.586 e. The van der Waals surface area contributed by atoms with E-state index in [1.165, 1.54) is 12.1 Å². The van der Waals surface area contributed by atoms with Gasteiger partial charge < -0.3 is 29.3 Å². The number of hydrogen-bond acceptors (Lipinski definition) is 7. The molecule has 1 N–H and O–H groups in total. The highest BCUT2D eigenvalue weighted by Gasteiger charge is 2.43. The van der Waals surface area contributed by atoms with Gasteiger partial charge in [-0.15, -0.1) is 8.78 Å². The third kappa shape index (κ3) is 3.88. The van der Waals surface area contributed by atoms with Gasteiger partial charge in [0.25, 0.3) is 0 Å². The summed E-state index contributed by atoms with van der Waals surface area (Å²) >= 11 is 0. The Bertz CT molecular complexity index is 1090. The molecule has 3 aliphatic heterocycles. The fourth-order valence-corrected chi connectivity index (χ4v) is 4.19. The third-order valence-electron chi connectivity index (χ3n) is 5.77. The summed E-state index contributed by atoms with van der Waals surface area (Å²) < 4.78 is 40.7. The molecular formula is C22H21F2N3O5. The summed E-state index contributed by atoms with van der Waals surface area (Å²) in [6.07, 6.45) is -3.38. The molecule has 3 aliphatic rings. The van der Waals surface area contributed by atoms with Gasteiger partial charge in [-0.25, -0.2) is 0 Å². The molecule has 0 aliphatic carbocycles. The molecular weight excluding hydrogens is 424 g/mol. The molecule has 0 saturated carbocycles. The van der Waals surface area contributed by atoms with Crippen LogP contribution in [0.25, 0.3) is 0 Å². The number of halogens is 2. The molecule has 1 atom stereocenters. The predicted molar refractivity (Wildman–Crippen MR) is 110 cm³/mol. The molecule has 8 nitrogen and oxygen atoms in total. The average Bonchev–Trinajstić information content (AvgIpc) is 3.27. The number of nitrogens with zero attached hydrogens (tertiary/aromatic N) is 2. The highest BCUT2D eigenvalue weighted by atomic mass is 19.3. The second-order valence-corrected chi connectivity index (χ2v) is 8.01. The number of fused-ring (bicyclic) bond motifs is 2. The first-order valence-electron chi connectivity index (χ1n) is 10.3. The average molecular weight is 445 g/mol. The summed E-state index contributed by atoms with van der Waals surface area (Å²) in [5.74, 6) is 0.196. The van der Waals surface area contributed by atoms with Crippen molar-refractivity contribution in [2.75, 3.05) is 36.4 Å². The third-order valence-corrected chi connectivity index (χ3v) is 5.77. The quantitative estimate of drug-likeness (QED) is 0.573. The van der Waals surface area contributed by atoms with E-state index in [9.17, 15) is 18.4 Å². The van der Waals surface area contributed by atoms with Crippen LogP contribution in [0, 0.1) is 0 Å². The van der Waals surface area contributed by atoms with Crippen molar-refractivity contribution in [3.8, 4) is 17.2 Å². The van der Waals surface area contributed by atoms with Crippen LogP contribution >= 0.6 is 0 Å². The number of carbonyl (C=O) groups excluding carboxylic acids is 2. The summed E-state index contributed by atoms with van der Waals surface area (Å²) in [5.41, 5.74) is 2.27. The van der Waals surface area contributed by atoms with Gasteiger partial charge in [-0.3, -0.25) is 9.59 Å². The van der Waals surface area contributed by atoms with Crippen molar-refractivity contribution < 1.29 is 32.6 Å². The number of hydrogen-bond donors (Lipinski definition) is 1. The second kappa shape index (κ2) is 7.54. The number of esters is 1. The first kappa shape index (κ1) is 20.3. The van der Waals surface area contributed by atoms with Crippen molar-refractivity contribution >= 4 is 23.3 Å². The normalized spacial score (nSPS) is 20.7. The SMILES string of the molecule is C[C@@H]1CN(C(=O)CNc2ccc3c(c2)OC(=O)C3)CCN1c1ccc2c(c1)OC(F)(F)O2. The van der Waals surface area contributed by atoms with Gasteiger partial charge in [0.2, 0.25) is 5.91 Å². The Labute approximate surface area is 182 Å². The minimum absolute atomic E-state index is 0.00225. The lowest BCUT2D eigenvalue weighted by Crippen LogP contribution is -2.54. The number of amides is 1. The monoisotopic (exact) mass is 445 g/mol. The maximum Gasteiger partial charge on any atom is 0.586 e. The van der Waals surface area contributed by atoms with Gasteiger partial charge in [-0.05, 0) is 25.1 Å². The first-order chi connectivity index (χ1) is 15.3. The zero-order valence-electron chi connectivity index (χ0n) is 17.3. The van der Waals surface area contributed by atoms with Crippen LogP contribution in [0.5, 0.6) is 17.2 Å². The van der Waals surface area contributed by atoms with E-state index in [4.69, 9.17) is 4.74 Å². The van der Waals surface area contributed by atoms with Crippen LogP contribution in [-0.4, -0.2) is 55.3 Å². The number of ether oxygens (including phenoxy) is 3. The molecule has 1 saturated heterocycles. The highest BCUT2D eigenvalue weighted by molar-refractivity contribution is 5.83. The van der Waals surface area contributed by atoms with Crippen LogP contribution in [-0.2, 0) is 16.0 Å². The minimum atomic E-state index is -3.65. The van der Waals surface area contributed by atoms with E-state index < -0.39 is 6.29 Å². The van der Waals surface area contributed by atoms with Crippen LogP contribution in [0.3, 0.4) is 0 Å². The van der Waals surface area contributed by atoms with Crippen molar-refractivity contribution in [1.82, 2.24) is 4.90 Å². The number of piperazine rings is 1. The number of carbonyl (C=O) groups is 2. The number of benzene rings is 2. The molecule has 0 spiro atoms. The van der Waals surface area contributed by atoms with Gasteiger partial charge in [-0.1, -0.05) is 6.07 Å². The van der Waals surface area contributed by atoms with E-state index in [1.54, 1.807) is 17.0 Å². The Kier molecular flexibility index (Phi) is 4.79. The highest BCUT2D eigenvalue weighted by Crippen LogP contribution is 2.43. The van der Waals surface area contributed by atoms with Gasteiger partial charge in [0, 0.05) is 54.7 Å². The Hall–Kier alpha value is -3.56. The maximum atomic E-state index is 13.3. The predicted octanol–water partition coefficient (Wildman–Crippen LogP) is 2.62. The van der Waals surface area contributed by atoms with Gasteiger partial charge >= 0.3 is 12.3 Å². The number of nitrogens with one attached hydrogen (secondary N) is 1. The Morgan fingerprint density at radius 1 is 1.12 bits per heavy atom. The molecule has 3 heterocycles. The molecule has 0 unspecified atom stereocenters. The van der Waals surface area contributed by atoms with Crippen LogP contribution in [0.4, 0.5) is 20.2 Å². The van der Waals surface area contributed by atoms with E-state index in [2.05, 4.69) is 14.8 Å².